The fraction of sp³-hybridized carbons (Fsp3) is 0.452. The number of rotatable bonds is 9. The Morgan fingerprint density at radius 3 is 2.67 bits per heavy atom. The van der Waals surface area contributed by atoms with Crippen LogP contribution in [0.1, 0.15) is 71.3 Å². The summed E-state index contributed by atoms with van der Waals surface area (Å²) in [6, 6.07) is 10.1. The van der Waals surface area contributed by atoms with E-state index in [1.54, 1.807) is 6.08 Å². The summed E-state index contributed by atoms with van der Waals surface area (Å²) in [6.45, 7) is 11.6. The summed E-state index contributed by atoms with van der Waals surface area (Å²) < 4.78 is 10.8. The number of hydrogen-bond acceptors (Lipinski definition) is 5. The number of carbonyl (C=O) groups excluding carboxylic acids is 1. The third-order valence-corrected chi connectivity index (χ3v) is 6.75. The summed E-state index contributed by atoms with van der Waals surface area (Å²) >= 11 is 0. The van der Waals surface area contributed by atoms with Crippen LogP contribution in [0.25, 0.3) is 0 Å². The van der Waals surface area contributed by atoms with Gasteiger partial charge in [0.05, 0.1) is 13.2 Å². The van der Waals surface area contributed by atoms with E-state index in [9.17, 15) is 4.79 Å². The lowest BCUT2D eigenvalue weighted by Crippen LogP contribution is -2.38. The molecule has 0 radical (unpaired) electrons. The lowest BCUT2D eigenvalue weighted by atomic mass is 9.69. The molecule has 0 saturated heterocycles. The number of benzene rings is 1. The molecular weight excluding hydrogens is 448 g/mol. The molecule has 0 fully saturated rings. The van der Waals surface area contributed by atoms with Crippen LogP contribution in [0.4, 0.5) is 4.79 Å². The first-order valence-corrected chi connectivity index (χ1v) is 13.2. The zero-order valence-corrected chi connectivity index (χ0v) is 22.0. The van der Waals surface area contributed by atoms with Crippen molar-refractivity contribution in [3.8, 4) is 0 Å². The average Bonchev–Trinajstić information content (AvgIpc) is 2.91. The molecule has 0 aromatic heterocycles. The molecule has 36 heavy (non-hydrogen) atoms. The lowest BCUT2D eigenvalue weighted by Gasteiger charge is -2.40. The maximum Gasteiger partial charge on any atom is 0.515 e. The van der Waals surface area contributed by atoms with Crippen molar-refractivity contribution in [3.05, 3.63) is 83.5 Å². The van der Waals surface area contributed by atoms with E-state index >= 15 is 0 Å². The molecule has 1 aromatic carbocycles. The maximum atomic E-state index is 12.3. The van der Waals surface area contributed by atoms with Crippen molar-refractivity contribution in [1.82, 2.24) is 0 Å². The second kappa shape index (κ2) is 13.8. The molecule has 1 aromatic rings. The van der Waals surface area contributed by atoms with E-state index in [0.29, 0.717) is 13.2 Å². The lowest BCUT2D eigenvalue weighted by molar-refractivity contribution is 0.0940. The largest absolute Gasteiger partial charge is 0.515 e. The molecule has 0 spiro atoms. The van der Waals surface area contributed by atoms with Crippen molar-refractivity contribution in [2.45, 2.75) is 71.3 Å². The highest BCUT2D eigenvalue weighted by Gasteiger charge is 2.41. The van der Waals surface area contributed by atoms with Crippen molar-refractivity contribution in [2.24, 2.45) is 15.9 Å². The van der Waals surface area contributed by atoms with Crippen LogP contribution in [0.15, 0.2) is 87.9 Å². The highest BCUT2D eigenvalue weighted by Crippen LogP contribution is 2.45. The molecule has 2 bridgehead atoms. The van der Waals surface area contributed by atoms with Gasteiger partial charge < -0.3 is 9.47 Å². The van der Waals surface area contributed by atoms with Gasteiger partial charge in [-0.2, -0.15) is 0 Å². The van der Waals surface area contributed by atoms with Crippen molar-refractivity contribution in [3.63, 3.8) is 0 Å². The van der Waals surface area contributed by atoms with Crippen molar-refractivity contribution in [1.29, 1.82) is 0 Å². The molecule has 2 aliphatic rings. The fourth-order valence-electron chi connectivity index (χ4n) is 4.90. The van der Waals surface area contributed by atoms with Crippen LogP contribution in [-0.2, 0) is 9.47 Å². The van der Waals surface area contributed by atoms with Gasteiger partial charge in [0.2, 0.25) is 5.90 Å². The van der Waals surface area contributed by atoms with Crippen LogP contribution < -0.4 is 0 Å². The van der Waals surface area contributed by atoms with Crippen LogP contribution in [0.5, 0.6) is 0 Å². The molecule has 5 heteroatoms. The molecule has 0 saturated carbocycles. The molecule has 1 aliphatic carbocycles. The number of nitrogens with zero attached hydrogens (tertiary/aromatic N) is 2. The number of unbranched alkanes of at least 4 members (excludes halogenated alkanes) is 5. The minimum absolute atomic E-state index is 0.0334. The van der Waals surface area contributed by atoms with Crippen LogP contribution >= 0.6 is 0 Å². The zero-order valence-electron chi connectivity index (χ0n) is 22.0. The van der Waals surface area contributed by atoms with Crippen LogP contribution in [0.2, 0.25) is 0 Å². The quantitative estimate of drug-likeness (QED) is 0.154. The van der Waals surface area contributed by atoms with Crippen LogP contribution in [-0.4, -0.2) is 37.0 Å². The van der Waals surface area contributed by atoms with E-state index in [2.05, 4.69) is 37.6 Å². The molecule has 192 valence electrons. The molecule has 5 nitrogen and oxygen atoms in total. The smallest absolute Gasteiger partial charge is 0.434 e. The first kappa shape index (κ1) is 27.4. The number of fused-ring (bicyclic) bond motifs is 2. The Bertz CT molecular complexity index is 1050. The molecule has 2 unspecified atom stereocenters. The third-order valence-electron chi connectivity index (χ3n) is 6.75. The van der Waals surface area contributed by atoms with E-state index in [1.807, 2.05) is 49.5 Å². The Balaban J connectivity index is 1.74. The standard InChI is InChI=1S/C31H40N2O3/c1-5-7-8-9-10-14-19-35-30(34)36-29-18-17-25(4)31(33-22-26-15-12-11-13-16-26)21-24(3)20-27(23-32-29)28(31)6-2/h6,11-13,15-18,20,22,27H,4-5,7-10,14,19,21,23H2,1-3H3/b18-17-,28-6+,32-29+,33-22+. The maximum absolute atomic E-state index is 12.3. The average molecular weight is 489 g/mol. The van der Waals surface area contributed by atoms with Gasteiger partial charge in [0.15, 0.2) is 0 Å². The highest BCUT2D eigenvalue weighted by molar-refractivity contribution is 5.95. The Morgan fingerprint density at radius 1 is 1.17 bits per heavy atom. The van der Waals surface area contributed by atoms with Gasteiger partial charge in [0, 0.05) is 24.6 Å². The molecule has 2 atom stereocenters. The van der Waals surface area contributed by atoms with Gasteiger partial charge in [-0.15, -0.1) is 0 Å². The molecule has 3 rings (SSSR count). The number of hydrogen-bond donors (Lipinski definition) is 0. The Morgan fingerprint density at radius 2 is 1.92 bits per heavy atom. The van der Waals surface area contributed by atoms with Crippen molar-refractivity contribution >= 4 is 18.3 Å². The molecular formula is C31H40N2O3. The van der Waals surface area contributed by atoms with Crippen LogP contribution in [0.3, 0.4) is 0 Å². The number of aliphatic imine (C=N–C) groups is 2. The highest BCUT2D eigenvalue weighted by atomic mass is 16.7. The van der Waals surface area contributed by atoms with Gasteiger partial charge in [-0.1, -0.05) is 99.7 Å². The zero-order chi connectivity index (χ0) is 25.8. The fourth-order valence-corrected chi connectivity index (χ4v) is 4.90. The van der Waals surface area contributed by atoms with Gasteiger partial charge in [-0.25, -0.2) is 4.79 Å². The van der Waals surface area contributed by atoms with Gasteiger partial charge in [0.1, 0.15) is 5.54 Å². The third kappa shape index (κ3) is 7.39. The summed E-state index contributed by atoms with van der Waals surface area (Å²) in [5.74, 6) is 0.270. The minimum Gasteiger partial charge on any atom is -0.434 e. The minimum atomic E-state index is -0.713. The Kier molecular flexibility index (Phi) is 10.5. The molecule has 1 aliphatic heterocycles. The van der Waals surface area contributed by atoms with Gasteiger partial charge >= 0.3 is 6.16 Å². The topological polar surface area (TPSA) is 60.2 Å². The summed E-state index contributed by atoms with van der Waals surface area (Å²) in [4.78, 5) is 22.1. The van der Waals surface area contributed by atoms with E-state index in [4.69, 9.17) is 14.5 Å². The first-order valence-electron chi connectivity index (χ1n) is 13.2. The monoisotopic (exact) mass is 488 g/mol. The predicted molar refractivity (Wildman–Crippen MR) is 149 cm³/mol. The first-order chi connectivity index (χ1) is 17.5. The summed E-state index contributed by atoms with van der Waals surface area (Å²) in [6.07, 6.45) is 16.7. The number of allylic oxidation sites excluding steroid dienone is 1. The summed E-state index contributed by atoms with van der Waals surface area (Å²) in [5.41, 5.74) is 3.66. The number of ether oxygens (including phenoxy) is 2. The van der Waals surface area contributed by atoms with Crippen molar-refractivity contribution < 1.29 is 14.3 Å². The second-order valence-electron chi connectivity index (χ2n) is 9.58. The SMILES string of the molecule is C=C1/C=C\C(OC(=O)OCCCCCCCC)=N/CC2C=C(C)CC1(/N=C/c1ccccc1)/C2=C/C. The van der Waals surface area contributed by atoms with E-state index in [0.717, 1.165) is 36.0 Å². The predicted octanol–water partition coefficient (Wildman–Crippen LogP) is 7.80. The van der Waals surface area contributed by atoms with Gasteiger partial charge in [-0.3, -0.25) is 9.98 Å². The normalized spacial score (nSPS) is 25.4. The molecule has 0 amide bonds. The molecule has 1 heterocycles. The Labute approximate surface area is 216 Å². The van der Waals surface area contributed by atoms with Gasteiger partial charge in [0.25, 0.3) is 0 Å². The van der Waals surface area contributed by atoms with E-state index in [-0.39, 0.29) is 11.8 Å². The Hall–Kier alpha value is -3.21. The van der Waals surface area contributed by atoms with Crippen molar-refractivity contribution in [2.75, 3.05) is 13.2 Å². The van der Waals surface area contributed by atoms with E-state index in [1.165, 1.54) is 31.3 Å². The van der Waals surface area contributed by atoms with Gasteiger partial charge in [-0.05, 0) is 37.0 Å². The summed E-state index contributed by atoms with van der Waals surface area (Å²) in [5, 5.41) is 0. The molecule has 0 N–H and O–H groups in total. The van der Waals surface area contributed by atoms with E-state index < -0.39 is 11.7 Å². The second-order valence-corrected chi connectivity index (χ2v) is 9.58. The summed E-state index contributed by atoms with van der Waals surface area (Å²) in [7, 11) is 0. The van der Waals surface area contributed by atoms with Crippen LogP contribution in [0, 0.1) is 5.92 Å². The number of carbonyl (C=O) groups is 1.